The van der Waals surface area contributed by atoms with Crippen molar-refractivity contribution in [2.45, 2.75) is 31.6 Å². The first-order valence-corrected chi connectivity index (χ1v) is 12.9. The highest BCUT2D eigenvalue weighted by Gasteiger charge is 2.45. The summed E-state index contributed by atoms with van der Waals surface area (Å²) >= 11 is 1.16. The summed E-state index contributed by atoms with van der Waals surface area (Å²) < 4.78 is 32.5. The molecule has 2 aliphatic rings. The average molecular weight is 538 g/mol. The summed E-state index contributed by atoms with van der Waals surface area (Å²) in [5, 5.41) is 11.6. The molecule has 0 bridgehead atoms. The van der Waals surface area contributed by atoms with Crippen molar-refractivity contribution in [2.24, 2.45) is 11.8 Å². The molecule has 2 aliphatic carbocycles. The molecule has 2 unspecified atom stereocenters. The second-order valence-electron chi connectivity index (χ2n) is 9.51. The molecular weight excluding hydrogens is 512 g/mol. The molecule has 3 aromatic rings. The maximum atomic E-state index is 13.5. The minimum Gasteiger partial charge on any atom is -0.494 e. The quantitative estimate of drug-likeness (QED) is 0.437. The molecule has 11 heteroatoms. The monoisotopic (exact) mass is 537 g/mol. The summed E-state index contributed by atoms with van der Waals surface area (Å²) in [6.07, 6.45) is 1.27. The van der Waals surface area contributed by atoms with Crippen molar-refractivity contribution < 1.29 is 23.1 Å². The van der Waals surface area contributed by atoms with Crippen molar-refractivity contribution in [1.82, 2.24) is 20.1 Å². The Hall–Kier alpha value is -3.91. The molecule has 38 heavy (non-hydrogen) atoms. The fraction of sp³-hybridized carbons (Fsp3) is 0.370. The molecule has 1 N–H and O–H groups in total. The number of hydrogen-bond acceptors (Lipinski definition) is 7. The number of ether oxygens (including phenoxy) is 1. The van der Waals surface area contributed by atoms with Gasteiger partial charge in [-0.1, -0.05) is 23.3 Å². The standard InChI is InChI=1S/C27H25F2N5O3S/c1-34(2)26(36)20-11-17(20)15-7-8-16(18(10-15)19-12-21(24(28)29)30-13-22(19)37-3)25(35)31-27-33-32-23(38-27)9-6-14-4-5-14/h7-8,10,12-14,17,20,24H,4-5,11H2,1-3H3,(H,31,33,35). The van der Waals surface area contributed by atoms with Crippen LogP contribution in [0.3, 0.4) is 0 Å². The number of amides is 2. The van der Waals surface area contributed by atoms with E-state index in [1.54, 1.807) is 37.2 Å². The first kappa shape index (κ1) is 25.7. The number of aromatic nitrogens is 3. The van der Waals surface area contributed by atoms with Gasteiger partial charge < -0.3 is 9.64 Å². The molecule has 2 amide bonds. The molecule has 0 radical (unpaired) electrons. The fourth-order valence-corrected chi connectivity index (χ4v) is 4.81. The Morgan fingerprint density at radius 2 is 1.97 bits per heavy atom. The number of anilines is 1. The van der Waals surface area contributed by atoms with E-state index in [4.69, 9.17) is 4.74 Å². The Kier molecular flexibility index (Phi) is 7.08. The number of pyridine rings is 1. The first-order valence-electron chi connectivity index (χ1n) is 12.1. The van der Waals surface area contributed by atoms with E-state index in [0.29, 0.717) is 28.5 Å². The van der Waals surface area contributed by atoms with Crippen LogP contribution in [0.2, 0.25) is 0 Å². The SMILES string of the molecule is COc1cnc(C(F)F)cc1-c1cc(C2CC2C(=O)N(C)C)ccc1C(=O)Nc1nnc(C#CC2CC2)s1. The van der Waals surface area contributed by atoms with Crippen LogP contribution in [0.25, 0.3) is 11.1 Å². The van der Waals surface area contributed by atoms with Crippen LogP contribution in [-0.4, -0.2) is 53.1 Å². The van der Waals surface area contributed by atoms with Crippen molar-refractivity contribution in [3.63, 3.8) is 0 Å². The molecule has 2 aromatic heterocycles. The number of hydrogen-bond donors (Lipinski definition) is 1. The lowest BCUT2D eigenvalue weighted by Gasteiger charge is -2.16. The summed E-state index contributed by atoms with van der Waals surface area (Å²) in [5.74, 6) is 6.08. The lowest BCUT2D eigenvalue weighted by Crippen LogP contribution is -2.23. The maximum absolute atomic E-state index is 13.5. The van der Waals surface area contributed by atoms with Gasteiger partial charge in [0.1, 0.15) is 11.4 Å². The van der Waals surface area contributed by atoms with Gasteiger partial charge in [-0.15, -0.1) is 10.2 Å². The number of halogens is 2. The van der Waals surface area contributed by atoms with Crippen LogP contribution in [0.1, 0.15) is 58.2 Å². The van der Waals surface area contributed by atoms with Crippen LogP contribution in [0.15, 0.2) is 30.5 Å². The third-order valence-electron chi connectivity index (χ3n) is 6.49. The van der Waals surface area contributed by atoms with Gasteiger partial charge in [-0.2, -0.15) is 0 Å². The van der Waals surface area contributed by atoms with E-state index < -0.39 is 18.0 Å². The van der Waals surface area contributed by atoms with Crippen LogP contribution >= 0.6 is 11.3 Å². The van der Waals surface area contributed by atoms with Crippen LogP contribution in [0.5, 0.6) is 5.75 Å². The first-order chi connectivity index (χ1) is 18.2. The van der Waals surface area contributed by atoms with Gasteiger partial charge in [-0.05, 0) is 60.4 Å². The van der Waals surface area contributed by atoms with Gasteiger partial charge in [0.15, 0.2) is 5.01 Å². The number of carbonyl (C=O) groups is 2. The lowest BCUT2D eigenvalue weighted by atomic mass is 9.94. The van der Waals surface area contributed by atoms with E-state index in [9.17, 15) is 18.4 Å². The highest BCUT2D eigenvalue weighted by molar-refractivity contribution is 7.15. The fourth-order valence-electron chi connectivity index (χ4n) is 4.21. The van der Waals surface area contributed by atoms with E-state index in [1.807, 2.05) is 0 Å². The third-order valence-corrected chi connectivity index (χ3v) is 7.25. The van der Waals surface area contributed by atoms with Crippen LogP contribution in [-0.2, 0) is 4.79 Å². The zero-order valence-corrected chi connectivity index (χ0v) is 21.8. The average Bonchev–Trinajstić information content (AvgIpc) is 3.84. The summed E-state index contributed by atoms with van der Waals surface area (Å²) in [6, 6.07) is 6.42. The van der Waals surface area contributed by atoms with E-state index in [1.165, 1.54) is 19.4 Å². The predicted molar refractivity (Wildman–Crippen MR) is 138 cm³/mol. The third kappa shape index (κ3) is 5.50. The number of methoxy groups -OCH3 is 1. The lowest BCUT2D eigenvalue weighted by molar-refractivity contribution is -0.130. The number of nitrogens with one attached hydrogen (secondary N) is 1. The maximum Gasteiger partial charge on any atom is 0.280 e. The molecule has 1 aromatic carbocycles. The highest BCUT2D eigenvalue weighted by Crippen LogP contribution is 2.49. The van der Waals surface area contributed by atoms with Gasteiger partial charge in [0.25, 0.3) is 12.3 Å². The summed E-state index contributed by atoms with van der Waals surface area (Å²) in [5.41, 5.74) is 1.32. The zero-order chi connectivity index (χ0) is 27.0. The molecule has 2 saturated carbocycles. The molecule has 0 spiro atoms. The van der Waals surface area contributed by atoms with Crippen molar-refractivity contribution in [3.8, 4) is 28.7 Å². The molecule has 196 valence electrons. The van der Waals surface area contributed by atoms with Gasteiger partial charge >= 0.3 is 0 Å². The van der Waals surface area contributed by atoms with Crippen molar-refractivity contribution in [1.29, 1.82) is 0 Å². The summed E-state index contributed by atoms with van der Waals surface area (Å²) in [4.78, 5) is 31.2. The number of benzene rings is 1. The molecular formula is C27H25F2N5O3S. The molecule has 0 aliphatic heterocycles. The number of alkyl halides is 2. The number of nitrogens with zero attached hydrogens (tertiary/aromatic N) is 4. The Labute approximate surface area is 222 Å². The Morgan fingerprint density at radius 1 is 1.18 bits per heavy atom. The highest BCUT2D eigenvalue weighted by atomic mass is 32.1. The topological polar surface area (TPSA) is 97.3 Å². The molecule has 8 nitrogen and oxygen atoms in total. The number of rotatable bonds is 7. The van der Waals surface area contributed by atoms with Gasteiger partial charge in [0.2, 0.25) is 11.0 Å². The predicted octanol–water partition coefficient (Wildman–Crippen LogP) is 4.75. The molecule has 2 heterocycles. The van der Waals surface area contributed by atoms with E-state index in [-0.39, 0.29) is 34.2 Å². The Balaban J connectivity index is 1.50. The van der Waals surface area contributed by atoms with E-state index >= 15 is 0 Å². The molecule has 2 atom stereocenters. The Morgan fingerprint density at radius 3 is 2.66 bits per heavy atom. The van der Waals surface area contributed by atoms with E-state index in [0.717, 1.165) is 29.7 Å². The minimum absolute atomic E-state index is 0.0247. The van der Waals surface area contributed by atoms with Gasteiger partial charge in [0.05, 0.1) is 13.3 Å². The van der Waals surface area contributed by atoms with Crippen LogP contribution in [0.4, 0.5) is 13.9 Å². The van der Waals surface area contributed by atoms with Gasteiger partial charge in [-0.25, -0.2) is 8.78 Å². The number of carbonyl (C=O) groups excluding carboxylic acids is 2. The molecule has 2 fully saturated rings. The van der Waals surface area contributed by atoms with Gasteiger partial charge in [-0.3, -0.25) is 19.9 Å². The smallest absolute Gasteiger partial charge is 0.280 e. The van der Waals surface area contributed by atoms with E-state index in [2.05, 4.69) is 32.3 Å². The van der Waals surface area contributed by atoms with Crippen molar-refractivity contribution >= 4 is 28.3 Å². The largest absolute Gasteiger partial charge is 0.494 e. The van der Waals surface area contributed by atoms with Crippen LogP contribution < -0.4 is 10.1 Å². The van der Waals surface area contributed by atoms with Crippen molar-refractivity contribution in [2.75, 3.05) is 26.5 Å². The van der Waals surface area contributed by atoms with Crippen molar-refractivity contribution in [3.05, 3.63) is 52.3 Å². The zero-order valence-electron chi connectivity index (χ0n) is 21.0. The van der Waals surface area contributed by atoms with Crippen LogP contribution in [0, 0.1) is 23.7 Å². The summed E-state index contributed by atoms with van der Waals surface area (Å²) in [7, 11) is 4.83. The normalized spacial score (nSPS) is 17.9. The Bertz CT molecular complexity index is 1460. The second-order valence-corrected chi connectivity index (χ2v) is 10.5. The minimum atomic E-state index is -2.80. The second kappa shape index (κ2) is 10.5. The van der Waals surface area contributed by atoms with Gasteiger partial charge in [0, 0.05) is 37.1 Å². The molecule has 0 saturated heterocycles. The molecule has 5 rings (SSSR count). The summed E-state index contributed by atoms with van der Waals surface area (Å²) in [6.45, 7) is 0.